The van der Waals surface area contributed by atoms with Crippen molar-refractivity contribution in [3.8, 4) is 0 Å². The van der Waals surface area contributed by atoms with Crippen molar-refractivity contribution in [2.75, 3.05) is 12.8 Å². The fourth-order valence-corrected chi connectivity index (χ4v) is 1.74. The van der Waals surface area contributed by atoms with Crippen molar-refractivity contribution in [1.82, 2.24) is 14.9 Å². The van der Waals surface area contributed by atoms with Crippen molar-refractivity contribution in [3.63, 3.8) is 0 Å². The average molecular weight is 241 g/mol. The molecule has 0 fully saturated rings. The van der Waals surface area contributed by atoms with Gasteiger partial charge in [0.2, 0.25) is 0 Å². The molecule has 3 nitrogen and oxygen atoms in total. The molecule has 4 heteroatoms. The van der Waals surface area contributed by atoms with Gasteiger partial charge in [0.05, 0.1) is 12.0 Å². The van der Waals surface area contributed by atoms with Gasteiger partial charge in [-0.2, -0.15) is 11.8 Å². The Kier molecular flexibility index (Phi) is 4.87. The van der Waals surface area contributed by atoms with Crippen LogP contribution in [0.2, 0.25) is 0 Å². The minimum absolute atomic E-state index is 0.294. The standard InChI is InChI=1S/C12H23N3S/c1-10(2)15-9-14-7-11(15)6-13-8-12(3,4)16-5/h7,9-10,13H,6,8H2,1-5H3. The maximum Gasteiger partial charge on any atom is 0.0951 e. The smallest absolute Gasteiger partial charge is 0.0951 e. The SMILES string of the molecule is CSC(C)(C)CNCc1cncn1C(C)C. The average Bonchev–Trinajstić information content (AvgIpc) is 2.66. The number of imidazole rings is 1. The van der Waals surface area contributed by atoms with Crippen LogP contribution in [0.3, 0.4) is 0 Å². The van der Waals surface area contributed by atoms with Gasteiger partial charge >= 0.3 is 0 Å². The lowest BCUT2D eigenvalue weighted by atomic mass is 10.2. The zero-order valence-corrected chi connectivity index (χ0v) is 11.8. The second-order valence-electron chi connectivity index (χ2n) is 4.95. The molecule has 0 radical (unpaired) electrons. The maximum atomic E-state index is 4.20. The number of aromatic nitrogens is 2. The molecule has 16 heavy (non-hydrogen) atoms. The Labute approximate surface area is 103 Å². The zero-order chi connectivity index (χ0) is 12.2. The van der Waals surface area contributed by atoms with E-state index in [0.717, 1.165) is 13.1 Å². The molecular weight excluding hydrogens is 218 g/mol. The molecule has 92 valence electrons. The highest BCUT2D eigenvalue weighted by Gasteiger charge is 2.15. The molecule has 0 aliphatic heterocycles. The van der Waals surface area contributed by atoms with E-state index in [1.54, 1.807) is 0 Å². The molecule has 0 saturated carbocycles. The minimum Gasteiger partial charge on any atom is -0.331 e. The van der Waals surface area contributed by atoms with Gasteiger partial charge in [0.15, 0.2) is 0 Å². The Morgan fingerprint density at radius 2 is 2.19 bits per heavy atom. The fraction of sp³-hybridized carbons (Fsp3) is 0.750. The van der Waals surface area contributed by atoms with Gasteiger partial charge in [0.25, 0.3) is 0 Å². The van der Waals surface area contributed by atoms with Gasteiger partial charge in [-0.25, -0.2) is 4.98 Å². The molecule has 1 aromatic heterocycles. The van der Waals surface area contributed by atoms with E-state index in [0.29, 0.717) is 10.8 Å². The van der Waals surface area contributed by atoms with E-state index in [2.05, 4.69) is 48.8 Å². The highest BCUT2D eigenvalue weighted by Crippen LogP contribution is 2.19. The maximum absolute atomic E-state index is 4.20. The summed E-state index contributed by atoms with van der Waals surface area (Å²) in [5, 5.41) is 3.49. The highest BCUT2D eigenvalue weighted by molar-refractivity contribution is 7.99. The molecule has 0 amide bonds. The van der Waals surface area contributed by atoms with Gasteiger partial charge in [0, 0.05) is 30.1 Å². The Hall–Kier alpha value is -0.480. The molecule has 0 aromatic carbocycles. The first kappa shape index (κ1) is 13.6. The third kappa shape index (κ3) is 3.83. The van der Waals surface area contributed by atoms with Crippen LogP contribution in [0.1, 0.15) is 39.4 Å². The van der Waals surface area contributed by atoms with Crippen LogP contribution in [0.25, 0.3) is 0 Å². The Morgan fingerprint density at radius 1 is 1.50 bits per heavy atom. The van der Waals surface area contributed by atoms with E-state index in [1.807, 2.05) is 24.3 Å². The first-order valence-electron chi connectivity index (χ1n) is 5.73. The van der Waals surface area contributed by atoms with Crippen molar-refractivity contribution in [1.29, 1.82) is 0 Å². The minimum atomic E-state index is 0.294. The van der Waals surface area contributed by atoms with Gasteiger partial charge < -0.3 is 9.88 Å². The zero-order valence-electron chi connectivity index (χ0n) is 10.9. The van der Waals surface area contributed by atoms with Crippen molar-refractivity contribution < 1.29 is 0 Å². The quantitative estimate of drug-likeness (QED) is 0.830. The molecule has 1 aromatic rings. The Morgan fingerprint density at radius 3 is 2.75 bits per heavy atom. The summed E-state index contributed by atoms with van der Waals surface area (Å²) in [4.78, 5) is 4.20. The molecular formula is C12H23N3S. The summed E-state index contributed by atoms with van der Waals surface area (Å²) < 4.78 is 2.50. The van der Waals surface area contributed by atoms with E-state index in [4.69, 9.17) is 0 Å². The van der Waals surface area contributed by atoms with E-state index in [9.17, 15) is 0 Å². The first-order chi connectivity index (χ1) is 7.46. The lowest BCUT2D eigenvalue weighted by molar-refractivity contribution is 0.532. The topological polar surface area (TPSA) is 29.9 Å². The fourth-order valence-electron chi connectivity index (χ4n) is 1.50. The lowest BCUT2D eigenvalue weighted by Gasteiger charge is -2.22. The van der Waals surface area contributed by atoms with Crippen molar-refractivity contribution in [2.45, 2.75) is 45.0 Å². The molecule has 0 saturated heterocycles. The summed E-state index contributed by atoms with van der Waals surface area (Å²) in [5.74, 6) is 0. The van der Waals surface area contributed by atoms with Crippen molar-refractivity contribution in [2.24, 2.45) is 0 Å². The van der Waals surface area contributed by atoms with Crippen LogP contribution in [0.4, 0.5) is 0 Å². The Balaban J connectivity index is 2.46. The van der Waals surface area contributed by atoms with Crippen molar-refractivity contribution in [3.05, 3.63) is 18.2 Å². The summed E-state index contributed by atoms with van der Waals surface area (Å²) in [6, 6.07) is 0.480. The van der Waals surface area contributed by atoms with E-state index >= 15 is 0 Å². The van der Waals surface area contributed by atoms with Gasteiger partial charge in [0.1, 0.15) is 0 Å². The van der Waals surface area contributed by atoms with E-state index in [1.165, 1.54) is 5.69 Å². The molecule has 0 unspecified atom stereocenters. The van der Waals surface area contributed by atoms with Crippen molar-refractivity contribution >= 4 is 11.8 Å². The number of nitrogens with one attached hydrogen (secondary N) is 1. The summed E-state index contributed by atoms with van der Waals surface area (Å²) in [6.07, 6.45) is 6.00. The number of nitrogens with zero attached hydrogens (tertiary/aromatic N) is 2. The van der Waals surface area contributed by atoms with Crippen LogP contribution in [0.15, 0.2) is 12.5 Å². The molecule has 1 rings (SSSR count). The second-order valence-corrected chi connectivity index (χ2v) is 6.47. The number of rotatable bonds is 6. The number of thioether (sulfide) groups is 1. The predicted octanol–water partition coefficient (Wildman–Crippen LogP) is 2.70. The number of hydrogen-bond acceptors (Lipinski definition) is 3. The summed E-state index contributed by atoms with van der Waals surface area (Å²) in [6.45, 7) is 10.8. The van der Waals surface area contributed by atoms with Gasteiger partial charge in [-0.3, -0.25) is 0 Å². The lowest BCUT2D eigenvalue weighted by Crippen LogP contribution is -2.32. The summed E-state index contributed by atoms with van der Waals surface area (Å²) in [7, 11) is 0. The first-order valence-corrected chi connectivity index (χ1v) is 6.95. The predicted molar refractivity (Wildman–Crippen MR) is 71.9 cm³/mol. The normalized spacial score (nSPS) is 12.4. The van der Waals surface area contributed by atoms with E-state index in [-0.39, 0.29) is 0 Å². The molecule has 0 aliphatic rings. The van der Waals surface area contributed by atoms with Gasteiger partial charge in [-0.15, -0.1) is 0 Å². The third-order valence-corrected chi connectivity index (χ3v) is 3.96. The van der Waals surface area contributed by atoms with Crippen LogP contribution in [0.5, 0.6) is 0 Å². The third-order valence-electron chi connectivity index (χ3n) is 2.71. The molecule has 1 N–H and O–H groups in total. The largest absolute Gasteiger partial charge is 0.331 e. The monoisotopic (exact) mass is 241 g/mol. The highest BCUT2D eigenvalue weighted by atomic mass is 32.2. The molecule has 0 spiro atoms. The van der Waals surface area contributed by atoms with Gasteiger partial charge in [-0.05, 0) is 34.0 Å². The second kappa shape index (κ2) is 5.73. The molecule has 0 aliphatic carbocycles. The van der Waals surface area contributed by atoms with Crippen LogP contribution in [-0.2, 0) is 6.54 Å². The van der Waals surface area contributed by atoms with E-state index < -0.39 is 0 Å². The molecule has 0 bridgehead atoms. The molecule has 1 heterocycles. The van der Waals surface area contributed by atoms with Crippen LogP contribution >= 0.6 is 11.8 Å². The van der Waals surface area contributed by atoms with Crippen LogP contribution in [0, 0.1) is 0 Å². The summed E-state index contributed by atoms with van der Waals surface area (Å²) >= 11 is 1.89. The molecule has 0 atom stereocenters. The summed E-state index contributed by atoms with van der Waals surface area (Å²) in [5.41, 5.74) is 1.26. The van der Waals surface area contributed by atoms with Crippen LogP contribution < -0.4 is 5.32 Å². The Bertz CT molecular complexity index is 318. The van der Waals surface area contributed by atoms with Crippen LogP contribution in [-0.4, -0.2) is 27.1 Å². The number of hydrogen-bond donors (Lipinski definition) is 1. The van der Waals surface area contributed by atoms with Gasteiger partial charge in [-0.1, -0.05) is 0 Å².